The number of aryl methyl sites for hydroxylation is 1. The number of methoxy groups -OCH3 is 1. The number of ether oxygens (including phenoxy) is 2. The zero-order valence-corrected chi connectivity index (χ0v) is 10.6. The molecule has 0 saturated heterocycles. The number of hydrogen-bond donors (Lipinski definition) is 0. The molecule has 0 radical (unpaired) electrons. The van der Waals surface area contributed by atoms with Crippen LogP contribution < -0.4 is 23.6 Å². The molecule has 84 valence electrons. The van der Waals surface area contributed by atoms with Crippen molar-refractivity contribution < 1.29 is 28.3 Å². The Labute approximate surface area is 114 Å². The van der Waals surface area contributed by atoms with Crippen molar-refractivity contribution in [2.75, 3.05) is 13.9 Å². The maximum atomic E-state index is 5.53. The minimum absolute atomic E-state index is 0. The average Bonchev–Trinajstić information content (AvgIpc) is 2.35. The molecule has 2 aromatic rings. The van der Waals surface area contributed by atoms with Gasteiger partial charge < -0.3 is 9.47 Å². The van der Waals surface area contributed by atoms with E-state index in [-0.39, 0.29) is 25.7 Å². The van der Waals surface area contributed by atoms with E-state index in [1.165, 1.54) is 10.9 Å². The van der Waals surface area contributed by atoms with E-state index in [1.54, 1.807) is 7.11 Å². The van der Waals surface area contributed by atoms with Crippen LogP contribution in [0.2, 0.25) is 0 Å². The molecule has 0 unspecified atom stereocenters. The molecule has 0 heterocycles. The zero-order chi connectivity index (χ0) is 11.4. The summed E-state index contributed by atoms with van der Waals surface area (Å²) in [6, 6.07) is 13.2. The van der Waals surface area contributed by atoms with Gasteiger partial charge in [0.05, 0.1) is 5.75 Å². The smallest absolute Gasteiger partial charge is 0.480 e. The van der Waals surface area contributed by atoms with Gasteiger partial charge in [-0.15, -0.1) is 10.9 Å². The Bertz CT molecular complexity index is 483. The SMILES string of the molecule is CCc1c[c-]cc2c(OCOC)cccc12.[Li+]. The Balaban J connectivity index is 0.00000144. The van der Waals surface area contributed by atoms with Gasteiger partial charge in [-0.3, -0.25) is 0 Å². The Morgan fingerprint density at radius 2 is 2.00 bits per heavy atom. The summed E-state index contributed by atoms with van der Waals surface area (Å²) >= 11 is 0. The summed E-state index contributed by atoms with van der Waals surface area (Å²) < 4.78 is 10.4. The second kappa shape index (κ2) is 6.71. The first kappa shape index (κ1) is 14.1. The molecule has 0 aliphatic rings. The van der Waals surface area contributed by atoms with Gasteiger partial charge in [0, 0.05) is 7.11 Å². The molecular weight excluding hydrogens is 207 g/mol. The van der Waals surface area contributed by atoms with Crippen LogP contribution in [-0.4, -0.2) is 13.9 Å². The van der Waals surface area contributed by atoms with Gasteiger partial charge >= 0.3 is 18.9 Å². The fourth-order valence-electron chi connectivity index (χ4n) is 1.82. The monoisotopic (exact) mass is 222 g/mol. The molecule has 0 bridgehead atoms. The summed E-state index contributed by atoms with van der Waals surface area (Å²) in [6.07, 6.45) is 1.00. The zero-order valence-electron chi connectivity index (χ0n) is 10.6. The van der Waals surface area contributed by atoms with Crippen molar-refractivity contribution in [1.82, 2.24) is 0 Å². The molecule has 0 aromatic heterocycles. The van der Waals surface area contributed by atoms with E-state index in [0.29, 0.717) is 0 Å². The van der Waals surface area contributed by atoms with E-state index >= 15 is 0 Å². The molecule has 2 rings (SSSR count). The predicted molar refractivity (Wildman–Crippen MR) is 64.7 cm³/mol. The second-order valence-corrected chi connectivity index (χ2v) is 3.60. The van der Waals surface area contributed by atoms with Crippen molar-refractivity contribution in [1.29, 1.82) is 0 Å². The van der Waals surface area contributed by atoms with Crippen LogP contribution in [0.3, 0.4) is 0 Å². The van der Waals surface area contributed by atoms with Gasteiger partial charge in [-0.25, -0.2) is 0 Å². The summed E-state index contributed by atoms with van der Waals surface area (Å²) in [6.45, 7) is 2.42. The molecule has 3 heteroatoms. The quantitative estimate of drug-likeness (QED) is 0.417. The Hall–Kier alpha value is -0.943. The van der Waals surface area contributed by atoms with Crippen molar-refractivity contribution in [3.8, 4) is 5.75 Å². The average molecular weight is 222 g/mol. The van der Waals surface area contributed by atoms with Crippen LogP contribution >= 0.6 is 0 Å². The van der Waals surface area contributed by atoms with Crippen molar-refractivity contribution in [2.24, 2.45) is 0 Å². The fourth-order valence-corrected chi connectivity index (χ4v) is 1.82. The third-order valence-corrected chi connectivity index (χ3v) is 2.61. The van der Waals surface area contributed by atoms with Crippen LogP contribution in [0, 0.1) is 6.07 Å². The number of benzene rings is 2. The number of fused-ring (bicyclic) bond motifs is 1. The van der Waals surface area contributed by atoms with Gasteiger partial charge in [0.2, 0.25) is 0 Å². The normalized spacial score (nSPS) is 10.0. The maximum absolute atomic E-state index is 5.53. The largest absolute Gasteiger partial charge is 1.00 e. The standard InChI is InChI=1S/C14H15O2.Li/c1-3-11-6-4-8-13-12(11)7-5-9-14(13)16-10-15-2;/h5-9H,3,10H2,1-2H3;/q-1;+1. The topological polar surface area (TPSA) is 18.5 Å². The van der Waals surface area contributed by atoms with E-state index in [1.807, 2.05) is 24.3 Å². The Kier molecular flexibility index (Phi) is 5.57. The molecule has 0 aliphatic carbocycles. The second-order valence-electron chi connectivity index (χ2n) is 3.60. The molecule has 0 saturated carbocycles. The molecule has 17 heavy (non-hydrogen) atoms. The molecule has 2 aromatic carbocycles. The van der Waals surface area contributed by atoms with Gasteiger partial charge in [0.1, 0.15) is 0 Å². The third-order valence-electron chi connectivity index (χ3n) is 2.61. The van der Waals surface area contributed by atoms with E-state index < -0.39 is 0 Å². The molecule has 0 atom stereocenters. The van der Waals surface area contributed by atoms with E-state index in [9.17, 15) is 0 Å². The Morgan fingerprint density at radius 1 is 1.18 bits per heavy atom. The molecule has 0 aliphatic heterocycles. The molecule has 0 N–H and O–H groups in total. The van der Waals surface area contributed by atoms with Gasteiger partial charge in [0.15, 0.2) is 6.79 Å². The summed E-state index contributed by atoms with van der Waals surface area (Å²) in [5, 5.41) is 2.33. The van der Waals surface area contributed by atoms with Gasteiger partial charge in [-0.1, -0.05) is 30.9 Å². The number of hydrogen-bond acceptors (Lipinski definition) is 2. The number of rotatable bonds is 4. The van der Waals surface area contributed by atoms with Gasteiger partial charge in [0.25, 0.3) is 0 Å². The van der Waals surface area contributed by atoms with E-state index in [4.69, 9.17) is 9.47 Å². The first-order chi connectivity index (χ1) is 7.86. The molecule has 2 nitrogen and oxygen atoms in total. The summed E-state index contributed by atoms with van der Waals surface area (Å²) in [5.74, 6) is 0.853. The summed E-state index contributed by atoms with van der Waals surface area (Å²) in [4.78, 5) is 0. The van der Waals surface area contributed by atoms with Crippen molar-refractivity contribution in [3.05, 3.63) is 42.0 Å². The van der Waals surface area contributed by atoms with Crippen molar-refractivity contribution in [2.45, 2.75) is 13.3 Å². The fraction of sp³-hybridized carbons (Fsp3) is 0.286. The first-order valence-corrected chi connectivity index (χ1v) is 5.40. The van der Waals surface area contributed by atoms with Crippen molar-refractivity contribution >= 4 is 10.8 Å². The van der Waals surface area contributed by atoms with Crippen LogP contribution in [-0.2, 0) is 11.2 Å². The van der Waals surface area contributed by atoms with Crippen LogP contribution in [0.4, 0.5) is 0 Å². The molecule has 0 fully saturated rings. The van der Waals surface area contributed by atoms with E-state index in [2.05, 4.69) is 19.1 Å². The van der Waals surface area contributed by atoms with Crippen LogP contribution in [0.5, 0.6) is 5.75 Å². The van der Waals surface area contributed by atoms with Crippen LogP contribution in [0.1, 0.15) is 12.5 Å². The third kappa shape index (κ3) is 3.04. The van der Waals surface area contributed by atoms with Crippen LogP contribution in [0.25, 0.3) is 10.8 Å². The van der Waals surface area contributed by atoms with Gasteiger partial charge in [-0.2, -0.15) is 18.2 Å². The first-order valence-electron chi connectivity index (χ1n) is 5.40. The van der Waals surface area contributed by atoms with Crippen molar-refractivity contribution in [3.63, 3.8) is 0 Å². The van der Waals surface area contributed by atoms with Gasteiger partial charge in [-0.05, 0) is 6.07 Å². The Morgan fingerprint density at radius 3 is 2.71 bits per heavy atom. The summed E-state index contributed by atoms with van der Waals surface area (Å²) in [7, 11) is 1.62. The maximum Gasteiger partial charge on any atom is 1.00 e. The molecular formula is C14H15LiO2. The minimum atomic E-state index is 0. The predicted octanol–water partition coefficient (Wildman–Crippen LogP) is 0.189. The minimum Gasteiger partial charge on any atom is -0.480 e. The molecule has 0 amide bonds. The van der Waals surface area contributed by atoms with Crippen LogP contribution in [0.15, 0.2) is 30.3 Å². The summed E-state index contributed by atoms with van der Waals surface area (Å²) in [5.41, 5.74) is 1.29. The van der Waals surface area contributed by atoms with E-state index in [0.717, 1.165) is 17.6 Å². The molecule has 0 spiro atoms.